The zero-order valence-corrected chi connectivity index (χ0v) is 20.2. The number of fused-ring (bicyclic) bond motifs is 1. The summed E-state index contributed by atoms with van der Waals surface area (Å²) in [5.41, 5.74) is 4.35. The number of methoxy groups -OCH3 is 1. The number of carbonyl (C=O) groups excluding carboxylic acids is 1. The number of halogens is 1. The molecule has 0 fully saturated rings. The number of aromatic nitrogens is 3. The number of esters is 1. The molecule has 4 rings (SSSR count). The van der Waals surface area contributed by atoms with Crippen molar-refractivity contribution in [2.45, 2.75) is 30.8 Å². The van der Waals surface area contributed by atoms with Crippen molar-refractivity contribution < 1.29 is 14.3 Å². The Morgan fingerprint density at radius 3 is 2.70 bits per heavy atom. The molecule has 1 aliphatic rings. The molecule has 1 unspecified atom stereocenters. The van der Waals surface area contributed by atoms with Gasteiger partial charge in [-0.2, -0.15) is 4.98 Å². The highest BCUT2D eigenvalue weighted by Gasteiger charge is 2.35. The number of rotatable bonds is 8. The second-order valence-electron chi connectivity index (χ2n) is 7.69. The normalized spacial score (nSPS) is 15.2. The van der Waals surface area contributed by atoms with E-state index < -0.39 is 12.0 Å². The first-order chi connectivity index (χ1) is 16.0. The summed E-state index contributed by atoms with van der Waals surface area (Å²) < 4.78 is 12.3. The number of anilines is 1. The van der Waals surface area contributed by atoms with Gasteiger partial charge in [0.2, 0.25) is 11.1 Å². The van der Waals surface area contributed by atoms with E-state index in [0.717, 1.165) is 16.7 Å². The lowest BCUT2D eigenvalue weighted by Crippen LogP contribution is -2.30. The molecule has 9 heteroatoms. The van der Waals surface area contributed by atoms with E-state index in [2.05, 4.69) is 16.4 Å². The van der Waals surface area contributed by atoms with Crippen molar-refractivity contribution >= 4 is 35.3 Å². The fourth-order valence-corrected chi connectivity index (χ4v) is 4.54. The van der Waals surface area contributed by atoms with Crippen LogP contribution < -0.4 is 5.32 Å². The number of benzene rings is 2. The number of aryl methyl sites for hydroxylation is 1. The Morgan fingerprint density at radius 1 is 1.18 bits per heavy atom. The first-order valence-corrected chi connectivity index (χ1v) is 11.9. The van der Waals surface area contributed by atoms with Gasteiger partial charge in [-0.25, -0.2) is 9.48 Å². The smallest absolute Gasteiger partial charge is 0.338 e. The van der Waals surface area contributed by atoms with Gasteiger partial charge in [-0.05, 0) is 37.1 Å². The van der Waals surface area contributed by atoms with Crippen LogP contribution in [0, 0.1) is 6.92 Å². The molecule has 2 heterocycles. The molecule has 0 amide bonds. The summed E-state index contributed by atoms with van der Waals surface area (Å²) >= 11 is 7.51. The molecule has 7 nitrogen and oxygen atoms in total. The van der Waals surface area contributed by atoms with Crippen molar-refractivity contribution in [1.29, 1.82) is 0 Å². The van der Waals surface area contributed by atoms with E-state index >= 15 is 0 Å². The molecule has 1 aromatic heterocycles. The van der Waals surface area contributed by atoms with Gasteiger partial charge in [0.05, 0.1) is 12.2 Å². The van der Waals surface area contributed by atoms with Crippen molar-refractivity contribution in [1.82, 2.24) is 14.8 Å². The van der Waals surface area contributed by atoms with Gasteiger partial charge in [-0.1, -0.05) is 65.3 Å². The van der Waals surface area contributed by atoms with Gasteiger partial charge in [0, 0.05) is 23.6 Å². The SMILES string of the molecule is COCCOC(=O)C1=C(C)Nc2nc(SCc3ccc(Cl)cc3)nn2C1c1cccc(C)c1. The van der Waals surface area contributed by atoms with Crippen LogP contribution in [0.15, 0.2) is 65.0 Å². The summed E-state index contributed by atoms with van der Waals surface area (Å²) in [6.07, 6.45) is 0. The Balaban J connectivity index is 1.65. The lowest BCUT2D eigenvalue weighted by molar-refractivity contribution is -0.140. The summed E-state index contributed by atoms with van der Waals surface area (Å²) in [7, 11) is 1.57. The van der Waals surface area contributed by atoms with Crippen LogP contribution in [0.3, 0.4) is 0 Å². The molecule has 0 saturated carbocycles. The summed E-state index contributed by atoms with van der Waals surface area (Å²) in [5, 5.41) is 9.30. The lowest BCUT2D eigenvalue weighted by atomic mass is 9.95. The number of carbonyl (C=O) groups is 1. The zero-order chi connectivity index (χ0) is 23.4. The van der Waals surface area contributed by atoms with E-state index in [1.165, 1.54) is 11.8 Å². The fraction of sp³-hybridized carbons (Fsp3) is 0.292. The summed E-state index contributed by atoms with van der Waals surface area (Å²) in [6.45, 7) is 4.39. The minimum absolute atomic E-state index is 0.180. The fourth-order valence-electron chi connectivity index (χ4n) is 3.63. The topological polar surface area (TPSA) is 78.3 Å². The van der Waals surface area contributed by atoms with Crippen LogP contribution in [-0.4, -0.2) is 41.1 Å². The molecular formula is C24H25ClN4O3S. The largest absolute Gasteiger partial charge is 0.460 e. The molecule has 1 aliphatic heterocycles. The van der Waals surface area contributed by atoms with Crippen molar-refractivity contribution in [2.75, 3.05) is 25.6 Å². The predicted octanol–water partition coefficient (Wildman–Crippen LogP) is 5.01. The van der Waals surface area contributed by atoms with Gasteiger partial charge in [0.1, 0.15) is 12.6 Å². The third kappa shape index (κ3) is 5.40. The molecule has 0 saturated heterocycles. The molecule has 1 N–H and O–H groups in total. The number of thioether (sulfide) groups is 1. The molecule has 33 heavy (non-hydrogen) atoms. The van der Waals surface area contributed by atoms with Crippen LogP contribution in [0.5, 0.6) is 0 Å². The highest BCUT2D eigenvalue weighted by atomic mass is 35.5. The minimum atomic E-state index is -0.450. The highest BCUT2D eigenvalue weighted by molar-refractivity contribution is 7.98. The number of hydrogen-bond acceptors (Lipinski definition) is 7. The number of nitrogens with one attached hydrogen (secondary N) is 1. The summed E-state index contributed by atoms with van der Waals surface area (Å²) in [6, 6.07) is 15.3. The van der Waals surface area contributed by atoms with E-state index in [1.807, 2.05) is 56.3 Å². The zero-order valence-electron chi connectivity index (χ0n) is 18.7. The van der Waals surface area contributed by atoms with Gasteiger partial charge in [-0.3, -0.25) is 0 Å². The van der Waals surface area contributed by atoms with Crippen LogP contribution in [0.4, 0.5) is 5.95 Å². The number of hydrogen-bond donors (Lipinski definition) is 1. The van der Waals surface area contributed by atoms with Crippen LogP contribution in [0.25, 0.3) is 0 Å². The first-order valence-electron chi connectivity index (χ1n) is 10.5. The minimum Gasteiger partial charge on any atom is -0.460 e. The molecule has 3 aromatic rings. The monoisotopic (exact) mass is 484 g/mol. The van der Waals surface area contributed by atoms with Crippen LogP contribution >= 0.6 is 23.4 Å². The Hall–Kier alpha value is -2.81. The van der Waals surface area contributed by atoms with Gasteiger partial charge < -0.3 is 14.8 Å². The quantitative estimate of drug-likeness (QED) is 0.273. The second kappa shape index (κ2) is 10.4. The van der Waals surface area contributed by atoms with E-state index in [9.17, 15) is 4.79 Å². The van der Waals surface area contributed by atoms with E-state index in [0.29, 0.717) is 39.8 Å². The molecule has 172 valence electrons. The van der Waals surface area contributed by atoms with E-state index in [4.69, 9.17) is 26.2 Å². The van der Waals surface area contributed by atoms with Crippen molar-refractivity contribution in [2.24, 2.45) is 0 Å². The molecule has 2 aromatic carbocycles. The average Bonchev–Trinajstić information content (AvgIpc) is 3.20. The standard InChI is InChI=1S/C24H25ClN4O3S/c1-15-5-4-6-18(13-15)21-20(22(30)32-12-11-31-3)16(2)26-23-27-24(28-29(21)23)33-14-17-7-9-19(25)10-8-17/h4-10,13,21H,11-12,14H2,1-3H3,(H,26,27,28). The Labute approximate surface area is 202 Å². The van der Waals surface area contributed by atoms with Crippen LogP contribution in [0.2, 0.25) is 5.02 Å². The third-order valence-electron chi connectivity index (χ3n) is 5.21. The van der Waals surface area contributed by atoms with Gasteiger partial charge in [0.15, 0.2) is 0 Å². The first kappa shape index (κ1) is 23.4. The van der Waals surface area contributed by atoms with Gasteiger partial charge in [-0.15, -0.1) is 5.10 Å². The molecule has 0 spiro atoms. The lowest BCUT2D eigenvalue weighted by Gasteiger charge is -2.28. The number of allylic oxidation sites excluding steroid dienone is 1. The van der Waals surface area contributed by atoms with Gasteiger partial charge >= 0.3 is 5.97 Å². The Bertz CT molecular complexity index is 1180. The average molecular weight is 485 g/mol. The summed E-state index contributed by atoms with van der Waals surface area (Å²) in [4.78, 5) is 17.7. The molecule has 0 aliphatic carbocycles. The molecule has 0 bridgehead atoms. The van der Waals surface area contributed by atoms with Crippen molar-refractivity contribution in [3.8, 4) is 0 Å². The van der Waals surface area contributed by atoms with Crippen LogP contribution in [0.1, 0.15) is 29.7 Å². The molecule has 0 radical (unpaired) electrons. The van der Waals surface area contributed by atoms with Crippen molar-refractivity contribution in [3.63, 3.8) is 0 Å². The van der Waals surface area contributed by atoms with Gasteiger partial charge in [0.25, 0.3) is 0 Å². The van der Waals surface area contributed by atoms with Crippen molar-refractivity contribution in [3.05, 3.63) is 81.5 Å². The number of nitrogens with zero attached hydrogens (tertiary/aromatic N) is 3. The number of ether oxygens (including phenoxy) is 2. The Morgan fingerprint density at radius 2 is 1.97 bits per heavy atom. The Kier molecular flexibility index (Phi) is 7.37. The summed E-state index contributed by atoms with van der Waals surface area (Å²) in [5.74, 6) is 0.889. The van der Waals surface area contributed by atoms with Crippen LogP contribution in [-0.2, 0) is 20.0 Å². The highest BCUT2D eigenvalue weighted by Crippen LogP contribution is 2.37. The third-order valence-corrected chi connectivity index (χ3v) is 6.37. The van der Waals surface area contributed by atoms with E-state index in [-0.39, 0.29) is 6.61 Å². The van der Waals surface area contributed by atoms with E-state index in [1.54, 1.807) is 11.8 Å². The maximum absolute atomic E-state index is 13.1. The maximum Gasteiger partial charge on any atom is 0.338 e. The second-order valence-corrected chi connectivity index (χ2v) is 9.07. The molecule has 1 atom stereocenters. The predicted molar refractivity (Wildman–Crippen MR) is 130 cm³/mol. The maximum atomic E-state index is 13.1. The molecular weight excluding hydrogens is 460 g/mol.